The summed E-state index contributed by atoms with van der Waals surface area (Å²) in [5.41, 5.74) is 4.48. The summed E-state index contributed by atoms with van der Waals surface area (Å²) in [6, 6.07) is 5.52. The number of hydrogen-bond acceptors (Lipinski definition) is 9. The quantitative estimate of drug-likeness (QED) is 0.266. The van der Waals surface area contributed by atoms with Crippen LogP contribution >= 0.6 is 0 Å². The van der Waals surface area contributed by atoms with Crippen LogP contribution in [0.5, 0.6) is 0 Å². The predicted molar refractivity (Wildman–Crippen MR) is 155 cm³/mol. The standard InChI is InChI=1S/C27H32N12O/c1-6-22(40)31-17-7-8-19-20(11-17)33-21(32-19)13-28-24-23-25(39(16-29-23)18-12-30-37(5)14-18)35-26(34-24)38-10-9-36(4)27(2,3)15-38/h6-8,11-12,14,16H,1,9-10,13,15H2,2-5H3,(H,31,40)(H,32,33)(H,28,34,35). The molecule has 5 aromatic rings. The molecule has 0 unspecified atom stereocenters. The number of fused-ring (bicyclic) bond motifs is 2. The molecule has 1 aliphatic rings. The Kier molecular flexibility index (Phi) is 6.22. The lowest BCUT2D eigenvalue weighted by Crippen LogP contribution is -2.58. The van der Waals surface area contributed by atoms with Crippen LogP contribution in [0.25, 0.3) is 27.9 Å². The molecule has 40 heavy (non-hydrogen) atoms. The number of carbonyl (C=O) groups excluding carboxylic acids is 1. The minimum Gasteiger partial charge on any atom is -0.361 e. The molecule has 6 rings (SSSR count). The van der Waals surface area contributed by atoms with Crippen molar-refractivity contribution in [3.05, 3.63) is 55.4 Å². The lowest BCUT2D eigenvalue weighted by molar-refractivity contribution is -0.111. The maximum Gasteiger partial charge on any atom is 0.247 e. The van der Waals surface area contributed by atoms with Crippen molar-refractivity contribution in [1.82, 2.24) is 44.2 Å². The summed E-state index contributed by atoms with van der Waals surface area (Å²) in [6.45, 7) is 10.9. The number of nitrogens with zero attached hydrogens (tertiary/aromatic N) is 9. The molecular weight excluding hydrogens is 508 g/mol. The molecule has 4 aromatic heterocycles. The van der Waals surface area contributed by atoms with Gasteiger partial charge in [0.25, 0.3) is 0 Å². The van der Waals surface area contributed by atoms with E-state index in [1.54, 1.807) is 17.2 Å². The third kappa shape index (κ3) is 4.75. The summed E-state index contributed by atoms with van der Waals surface area (Å²) in [4.78, 5) is 38.9. The predicted octanol–water partition coefficient (Wildman–Crippen LogP) is 2.69. The summed E-state index contributed by atoms with van der Waals surface area (Å²) in [5.74, 6) is 1.73. The van der Waals surface area contributed by atoms with E-state index in [1.807, 2.05) is 36.0 Å². The molecule has 0 bridgehead atoms. The van der Waals surface area contributed by atoms with Gasteiger partial charge in [0, 0.05) is 44.1 Å². The Hall–Kier alpha value is -4.78. The largest absolute Gasteiger partial charge is 0.361 e. The number of nitrogens with one attached hydrogen (secondary N) is 3. The molecule has 1 fully saturated rings. The van der Waals surface area contributed by atoms with Gasteiger partial charge in [0.1, 0.15) is 12.2 Å². The number of benzene rings is 1. The maximum absolute atomic E-state index is 11.7. The SMILES string of the molecule is C=CC(=O)Nc1ccc2nc(CNc3nc(N4CCN(C)C(C)(C)C4)nc4c3ncn4-c3cnn(C)c3)[nH]c2c1. The van der Waals surface area contributed by atoms with E-state index in [0.29, 0.717) is 35.2 Å². The second-order valence-electron chi connectivity index (χ2n) is 10.6. The zero-order valence-electron chi connectivity index (χ0n) is 23.0. The van der Waals surface area contributed by atoms with E-state index in [0.717, 1.165) is 42.2 Å². The third-order valence-corrected chi connectivity index (χ3v) is 7.36. The molecular formula is C27H32N12O. The van der Waals surface area contributed by atoms with E-state index in [9.17, 15) is 4.79 Å². The average molecular weight is 541 g/mol. The molecule has 13 nitrogen and oxygen atoms in total. The Bertz CT molecular complexity index is 1730. The smallest absolute Gasteiger partial charge is 0.247 e. The lowest BCUT2D eigenvalue weighted by Gasteiger charge is -2.45. The number of aromatic amines is 1. The monoisotopic (exact) mass is 540 g/mol. The number of likely N-dealkylation sites (N-methyl/N-ethyl adjacent to an activating group) is 1. The number of imidazole rings is 2. The van der Waals surface area contributed by atoms with Crippen molar-refractivity contribution in [2.45, 2.75) is 25.9 Å². The molecule has 1 amide bonds. The van der Waals surface area contributed by atoms with Gasteiger partial charge in [-0.25, -0.2) is 9.97 Å². The number of rotatable bonds is 7. The van der Waals surface area contributed by atoms with Gasteiger partial charge in [-0.05, 0) is 45.2 Å². The van der Waals surface area contributed by atoms with Gasteiger partial charge in [0.05, 0.1) is 29.5 Å². The molecule has 0 atom stereocenters. The zero-order chi connectivity index (χ0) is 28.0. The van der Waals surface area contributed by atoms with Gasteiger partial charge in [-0.2, -0.15) is 15.1 Å². The zero-order valence-corrected chi connectivity index (χ0v) is 23.0. The summed E-state index contributed by atoms with van der Waals surface area (Å²) in [6.07, 6.45) is 6.70. The summed E-state index contributed by atoms with van der Waals surface area (Å²) in [7, 11) is 4.03. The van der Waals surface area contributed by atoms with Crippen molar-refractivity contribution in [3.8, 4) is 5.69 Å². The van der Waals surface area contributed by atoms with Gasteiger partial charge in [-0.15, -0.1) is 0 Å². The van der Waals surface area contributed by atoms with Crippen molar-refractivity contribution < 1.29 is 4.79 Å². The van der Waals surface area contributed by atoms with Crippen LogP contribution in [-0.4, -0.2) is 82.3 Å². The second kappa shape index (κ2) is 9.75. The Labute approximate surface area is 230 Å². The Morgan fingerprint density at radius 2 is 2.05 bits per heavy atom. The van der Waals surface area contributed by atoms with Gasteiger partial charge in [0.15, 0.2) is 17.0 Å². The van der Waals surface area contributed by atoms with Gasteiger partial charge < -0.3 is 20.5 Å². The van der Waals surface area contributed by atoms with Crippen LogP contribution < -0.4 is 15.5 Å². The fourth-order valence-electron chi connectivity index (χ4n) is 4.87. The average Bonchev–Trinajstić information content (AvgIpc) is 3.66. The van der Waals surface area contributed by atoms with Crippen molar-refractivity contribution in [1.29, 1.82) is 0 Å². The number of piperazine rings is 1. The third-order valence-electron chi connectivity index (χ3n) is 7.36. The Morgan fingerprint density at radius 1 is 1.20 bits per heavy atom. The van der Waals surface area contributed by atoms with Crippen LogP contribution in [-0.2, 0) is 18.4 Å². The number of H-pyrrole nitrogens is 1. The van der Waals surface area contributed by atoms with Crippen molar-refractivity contribution in [3.63, 3.8) is 0 Å². The minimum atomic E-state index is -0.265. The van der Waals surface area contributed by atoms with E-state index in [-0.39, 0.29) is 11.4 Å². The second-order valence-corrected chi connectivity index (χ2v) is 10.6. The minimum absolute atomic E-state index is 0.0218. The molecule has 0 spiro atoms. The van der Waals surface area contributed by atoms with Crippen LogP contribution in [0.1, 0.15) is 19.7 Å². The van der Waals surface area contributed by atoms with Gasteiger partial charge >= 0.3 is 0 Å². The van der Waals surface area contributed by atoms with Crippen LogP contribution in [0.15, 0.2) is 49.6 Å². The molecule has 1 aliphatic heterocycles. The molecule has 13 heteroatoms. The molecule has 0 aliphatic carbocycles. The highest BCUT2D eigenvalue weighted by molar-refractivity contribution is 6.00. The normalized spacial score (nSPS) is 15.6. The number of hydrogen-bond donors (Lipinski definition) is 3. The van der Waals surface area contributed by atoms with E-state index < -0.39 is 0 Å². The van der Waals surface area contributed by atoms with Gasteiger partial charge in [-0.1, -0.05) is 6.58 Å². The number of anilines is 3. The maximum atomic E-state index is 11.7. The Balaban J connectivity index is 1.34. The highest BCUT2D eigenvalue weighted by Crippen LogP contribution is 2.28. The van der Waals surface area contributed by atoms with Crippen molar-refractivity contribution in [2.24, 2.45) is 7.05 Å². The van der Waals surface area contributed by atoms with E-state index in [4.69, 9.17) is 15.0 Å². The first-order valence-corrected chi connectivity index (χ1v) is 13.1. The topological polar surface area (TPSA) is 138 Å². The fourth-order valence-corrected chi connectivity index (χ4v) is 4.87. The summed E-state index contributed by atoms with van der Waals surface area (Å²) >= 11 is 0. The van der Waals surface area contributed by atoms with E-state index in [1.165, 1.54) is 6.08 Å². The van der Waals surface area contributed by atoms with Crippen molar-refractivity contribution in [2.75, 3.05) is 42.2 Å². The van der Waals surface area contributed by atoms with E-state index >= 15 is 0 Å². The van der Waals surface area contributed by atoms with Crippen molar-refractivity contribution >= 4 is 45.6 Å². The number of carbonyl (C=O) groups is 1. The molecule has 206 valence electrons. The van der Waals surface area contributed by atoms with Crippen LogP contribution in [0, 0.1) is 0 Å². The van der Waals surface area contributed by atoms with Crippen LogP contribution in [0.3, 0.4) is 0 Å². The first kappa shape index (κ1) is 25.5. The number of aryl methyl sites for hydroxylation is 1. The Morgan fingerprint density at radius 3 is 2.80 bits per heavy atom. The van der Waals surface area contributed by atoms with Crippen LogP contribution in [0.4, 0.5) is 17.5 Å². The molecule has 0 radical (unpaired) electrons. The molecule has 1 aromatic carbocycles. The number of aromatic nitrogens is 8. The first-order chi connectivity index (χ1) is 19.2. The summed E-state index contributed by atoms with van der Waals surface area (Å²) < 4.78 is 3.68. The highest BCUT2D eigenvalue weighted by Gasteiger charge is 2.33. The molecule has 3 N–H and O–H groups in total. The highest BCUT2D eigenvalue weighted by atomic mass is 16.1. The fraction of sp³-hybridized carbons (Fsp3) is 0.333. The molecule has 1 saturated heterocycles. The number of amides is 1. The lowest BCUT2D eigenvalue weighted by atomic mass is 10.0. The first-order valence-electron chi connectivity index (χ1n) is 13.1. The van der Waals surface area contributed by atoms with E-state index in [2.05, 4.69) is 63.0 Å². The molecule has 0 saturated carbocycles. The van der Waals surface area contributed by atoms with Crippen LogP contribution in [0.2, 0.25) is 0 Å². The van der Waals surface area contributed by atoms with Gasteiger partial charge in [-0.3, -0.25) is 18.9 Å². The molecule has 5 heterocycles. The summed E-state index contributed by atoms with van der Waals surface area (Å²) in [5, 5.41) is 10.5. The van der Waals surface area contributed by atoms with Gasteiger partial charge in [0.2, 0.25) is 11.9 Å².